The van der Waals surface area contributed by atoms with Crippen LogP contribution in [0.2, 0.25) is 0 Å². The molecule has 2 atom stereocenters. The predicted molar refractivity (Wildman–Crippen MR) is 69.3 cm³/mol. The maximum absolute atomic E-state index is 11.7. The number of rotatable bonds is 9. The van der Waals surface area contributed by atoms with Crippen LogP contribution < -0.4 is 11.1 Å². The number of nitrogens with two attached hydrogens (primary N) is 1. The van der Waals surface area contributed by atoms with Gasteiger partial charge in [-0.1, -0.05) is 13.8 Å². The Morgan fingerprint density at radius 2 is 1.94 bits per heavy atom. The van der Waals surface area contributed by atoms with Gasteiger partial charge in [-0.15, -0.1) is 0 Å². The molecule has 0 aromatic rings. The lowest BCUT2D eigenvalue weighted by atomic mass is 10.0. The first-order chi connectivity index (χ1) is 8.38. The van der Waals surface area contributed by atoms with Crippen molar-refractivity contribution in [2.75, 3.05) is 6.61 Å². The molecule has 0 aliphatic heterocycles. The Labute approximate surface area is 108 Å². The molecule has 0 heterocycles. The van der Waals surface area contributed by atoms with Crippen LogP contribution in [0.15, 0.2) is 0 Å². The van der Waals surface area contributed by atoms with Crippen molar-refractivity contribution in [3.8, 4) is 0 Å². The van der Waals surface area contributed by atoms with Crippen molar-refractivity contribution in [1.29, 1.82) is 0 Å². The van der Waals surface area contributed by atoms with Crippen molar-refractivity contribution in [3.63, 3.8) is 0 Å². The number of carboxylic acid groups (broad SMARTS) is 1. The van der Waals surface area contributed by atoms with Crippen LogP contribution in [0.5, 0.6) is 0 Å². The van der Waals surface area contributed by atoms with Gasteiger partial charge in [0.25, 0.3) is 0 Å². The summed E-state index contributed by atoms with van der Waals surface area (Å²) in [4.78, 5) is 22.7. The van der Waals surface area contributed by atoms with Gasteiger partial charge in [-0.3, -0.25) is 4.79 Å². The van der Waals surface area contributed by atoms with Crippen molar-refractivity contribution in [1.82, 2.24) is 5.32 Å². The number of nitrogens with one attached hydrogen (secondary N) is 1. The maximum atomic E-state index is 11.7. The van der Waals surface area contributed by atoms with Gasteiger partial charge in [0.1, 0.15) is 12.6 Å². The first-order valence-corrected chi connectivity index (χ1v) is 6.31. The number of amides is 1. The number of carbonyl (C=O) groups excluding carboxylic acids is 1. The Morgan fingerprint density at radius 3 is 2.39 bits per heavy atom. The van der Waals surface area contributed by atoms with E-state index in [4.69, 9.17) is 15.9 Å². The fraction of sp³-hybridized carbons (Fsp3) is 0.833. The second kappa shape index (κ2) is 8.88. The highest BCUT2D eigenvalue weighted by molar-refractivity contribution is 5.86. The third kappa shape index (κ3) is 7.24. The van der Waals surface area contributed by atoms with Crippen LogP contribution in [-0.2, 0) is 9.59 Å². The summed E-state index contributed by atoms with van der Waals surface area (Å²) in [6, 6.07) is -1.56. The van der Waals surface area contributed by atoms with E-state index in [-0.39, 0.29) is 12.5 Å². The summed E-state index contributed by atoms with van der Waals surface area (Å²) in [5.74, 6) is -1.18. The Kier molecular flexibility index (Phi) is 8.32. The summed E-state index contributed by atoms with van der Waals surface area (Å²) in [7, 11) is 0. The summed E-state index contributed by atoms with van der Waals surface area (Å²) >= 11 is 0. The summed E-state index contributed by atoms with van der Waals surface area (Å²) in [5.41, 5.74) is 5.69. The molecule has 0 radical (unpaired) electrons. The minimum Gasteiger partial charge on any atom is -0.480 e. The maximum Gasteiger partial charge on any atom is 0.326 e. The van der Waals surface area contributed by atoms with Crippen molar-refractivity contribution in [2.45, 2.75) is 51.6 Å². The number of aliphatic carboxylic acids is 1. The molecule has 0 aromatic heterocycles. The summed E-state index contributed by atoms with van der Waals surface area (Å²) in [6.07, 6.45) is 2.12. The van der Waals surface area contributed by atoms with E-state index in [0.29, 0.717) is 25.7 Å². The quantitative estimate of drug-likeness (QED) is 0.394. The predicted octanol–water partition coefficient (Wildman–Crippen LogP) is -0.176. The minimum atomic E-state index is -1.05. The molecule has 0 fully saturated rings. The molecule has 18 heavy (non-hydrogen) atoms. The second-order valence-electron chi connectivity index (χ2n) is 4.88. The van der Waals surface area contributed by atoms with Gasteiger partial charge < -0.3 is 21.3 Å². The van der Waals surface area contributed by atoms with Crippen LogP contribution in [0.3, 0.4) is 0 Å². The summed E-state index contributed by atoms with van der Waals surface area (Å²) < 4.78 is 0. The first kappa shape index (κ1) is 16.9. The highest BCUT2D eigenvalue weighted by atomic mass is 16.4. The van der Waals surface area contributed by atoms with Gasteiger partial charge in [0, 0.05) is 6.42 Å². The zero-order valence-electron chi connectivity index (χ0n) is 11.1. The Hall–Kier alpha value is -1.14. The van der Waals surface area contributed by atoms with E-state index in [1.807, 2.05) is 13.8 Å². The number of unbranched alkanes of at least 4 members (excludes halogenated alkanes) is 1. The third-order valence-electron chi connectivity index (χ3n) is 2.60. The molecular formula is C12H25N2O4+. The second-order valence-corrected chi connectivity index (χ2v) is 4.88. The normalized spacial score (nSPS) is 14.3. The minimum absolute atomic E-state index is 0.271. The van der Waals surface area contributed by atoms with Crippen molar-refractivity contribution in [3.05, 3.63) is 0 Å². The number of carbonyl (C=O) groups is 2. The van der Waals surface area contributed by atoms with Crippen LogP contribution in [0, 0.1) is 5.92 Å². The van der Waals surface area contributed by atoms with Crippen LogP contribution >= 0.6 is 0 Å². The molecule has 0 saturated carbocycles. The molecule has 0 aromatic carbocycles. The molecule has 0 aliphatic carbocycles. The highest BCUT2D eigenvalue weighted by Gasteiger charge is 2.23. The smallest absolute Gasteiger partial charge is 0.326 e. The van der Waals surface area contributed by atoms with Gasteiger partial charge in [0.15, 0.2) is 0 Å². The van der Waals surface area contributed by atoms with E-state index < -0.39 is 24.0 Å². The molecule has 0 spiro atoms. The fourth-order valence-electron chi connectivity index (χ4n) is 1.62. The third-order valence-corrected chi connectivity index (χ3v) is 2.60. The van der Waals surface area contributed by atoms with E-state index >= 15 is 0 Å². The fourth-order valence-corrected chi connectivity index (χ4v) is 1.62. The average molecular weight is 261 g/mol. The Bertz CT molecular complexity index is 269. The molecule has 6 heteroatoms. The van der Waals surface area contributed by atoms with Crippen molar-refractivity contribution < 1.29 is 19.8 Å². The van der Waals surface area contributed by atoms with E-state index in [2.05, 4.69) is 5.32 Å². The van der Waals surface area contributed by atoms with Crippen LogP contribution in [0.4, 0.5) is 0 Å². The molecule has 106 valence electrons. The molecule has 6 N–H and O–H groups in total. The molecule has 6 nitrogen and oxygen atoms in total. The SMILES string of the molecule is CC(C)CC(N)C(=O)NC(CCCC[OH2+])C(=O)O. The first-order valence-electron chi connectivity index (χ1n) is 6.31. The lowest BCUT2D eigenvalue weighted by Gasteiger charge is -2.18. The van der Waals surface area contributed by atoms with Gasteiger partial charge in [-0.2, -0.15) is 0 Å². The van der Waals surface area contributed by atoms with Crippen molar-refractivity contribution >= 4 is 11.9 Å². The average Bonchev–Trinajstić information content (AvgIpc) is 2.26. The molecule has 2 unspecified atom stereocenters. The lowest BCUT2D eigenvalue weighted by molar-refractivity contribution is -0.142. The number of carboxylic acids is 1. The van der Waals surface area contributed by atoms with E-state index in [0.717, 1.165) is 0 Å². The van der Waals surface area contributed by atoms with Gasteiger partial charge in [-0.05, 0) is 25.2 Å². The number of hydrogen-bond donors (Lipinski definition) is 3. The van der Waals surface area contributed by atoms with Crippen LogP contribution in [-0.4, -0.2) is 40.8 Å². The van der Waals surface area contributed by atoms with E-state index in [9.17, 15) is 9.59 Å². The largest absolute Gasteiger partial charge is 0.480 e. The molecule has 0 saturated heterocycles. The highest BCUT2D eigenvalue weighted by Crippen LogP contribution is 2.05. The van der Waals surface area contributed by atoms with Crippen LogP contribution in [0.1, 0.15) is 39.5 Å². The monoisotopic (exact) mass is 261 g/mol. The van der Waals surface area contributed by atoms with E-state index in [1.165, 1.54) is 0 Å². The molecule has 0 aliphatic rings. The summed E-state index contributed by atoms with van der Waals surface area (Å²) in [5, 5.41) is 18.4. The zero-order chi connectivity index (χ0) is 14.1. The Morgan fingerprint density at radius 1 is 1.33 bits per heavy atom. The zero-order valence-corrected chi connectivity index (χ0v) is 11.1. The topological polar surface area (TPSA) is 115 Å². The number of hydrogen-bond acceptors (Lipinski definition) is 3. The van der Waals surface area contributed by atoms with Gasteiger partial charge in [0.2, 0.25) is 5.91 Å². The molecule has 0 rings (SSSR count). The van der Waals surface area contributed by atoms with Gasteiger partial charge in [0.05, 0.1) is 6.04 Å². The van der Waals surface area contributed by atoms with E-state index in [1.54, 1.807) is 0 Å². The molecule has 0 bridgehead atoms. The Balaban J connectivity index is 4.22. The van der Waals surface area contributed by atoms with Crippen LogP contribution in [0.25, 0.3) is 0 Å². The standard InChI is InChI=1S/C12H24N2O4/c1-8(2)7-9(13)11(16)14-10(12(17)18)5-3-4-6-15/h8-10,15H,3-7,13H2,1-2H3,(H,14,16)(H,17,18)/p+1. The van der Waals surface area contributed by atoms with Gasteiger partial charge >= 0.3 is 5.97 Å². The lowest BCUT2D eigenvalue weighted by Crippen LogP contribution is -2.48. The van der Waals surface area contributed by atoms with Crippen molar-refractivity contribution in [2.24, 2.45) is 11.7 Å². The molecular weight excluding hydrogens is 236 g/mol. The molecule has 1 amide bonds. The summed E-state index contributed by atoms with van der Waals surface area (Å²) in [6.45, 7) is 4.18. The van der Waals surface area contributed by atoms with Gasteiger partial charge in [-0.25, -0.2) is 4.79 Å².